The van der Waals surface area contributed by atoms with Gasteiger partial charge in [-0.15, -0.1) is 0 Å². The molecule has 13 heteroatoms. The predicted octanol–water partition coefficient (Wildman–Crippen LogP) is 2.90. The molecule has 1 saturated heterocycles. The van der Waals surface area contributed by atoms with E-state index in [1.165, 1.54) is 8.99 Å². The molecular weight excluding hydrogens is 503 g/mol. The largest absolute Gasteiger partial charge is 0.470 e. The first-order valence-electron chi connectivity index (χ1n) is 10.6. The van der Waals surface area contributed by atoms with Gasteiger partial charge in [0.25, 0.3) is 5.91 Å². The van der Waals surface area contributed by atoms with Crippen molar-refractivity contribution in [1.29, 1.82) is 0 Å². The Morgan fingerprint density at radius 2 is 1.82 bits per heavy atom. The number of carbonyl (C=O) groups excluding carboxylic acids is 1. The molecule has 0 bridgehead atoms. The quantitative estimate of drug-likeness (QED) is 0.468. The number of nitrogens with zero attached hydrogens (tertiary/aromatic N) is 6. The first kappa shape index (κ1) is 24.5. The number of aryl methyl sites for hydroxylation is 2. The van der Waals surface area contributed by atoms with Crippen molar-refractivity contribution in [3.8, 4) is 5.75 Å². The second kappa shape index (κ2) is 9.95. The molecular formula is C21H24Cl2N6O4S. The van der Waals surface area contributed by atoms with Crippen LogP contribution in [0.15, 0.2) is 41.6 Å². The summed E-state index contributed by atoms with van der Waals surface area (Å²) in [6.07, 6.45) is 3.17. The molecule has 3 heterocycles. The minimum absolute atomic E-state index is 0.0458. The minimum Gasteiger partial charge on any atom is -0.470 e. The highest BCUT2D eigenvalue weighted by Gasteiger charge is 2.33. The van der Waals surface area contributed by atoms with Gasteiger partial charge in [-0.2, -0.15) is 14.5 Å². The first-order chi connectivity index (χ1) is 16.2. The molecule has 0 aliphatic carbocycles. The number of ether oxygens (including phenoxy) is 1. The van der Waals surface area contributed by atoms with Crippen LogP contribution in [0.3, 0.4) is 0 Å². The van der Waals surface area contributed by atoms with Crippen molar-refractivity contribution in [1.82, 2.24) is 28.8 Å². The Labute approximate surface area is 207 Å². The molecule has 1 aliphatic heterocycles. The molecule has 0 N–H and O–H groups in total. The molecule has 1 aliphatic rings. The number of carbonyl (C=O) groups is 1. The predicted molar refractivity (Wildman–Crippen MR) is 127 cm³/mol. The summed E-state index contributed by atoms with van der Waals surface area (Å²) in [6.45, 7) is 5.13. The van der Waals surface area contributed by atoms with Crippen LogP contribution in [-0.2, 0) is 23.3 Å². The highest BCUT2D eigenvalue weighted by atomic mass is 35.5. The molecule has 34 heavy (non-hydrogen) atoms. The third-order valence-corrected chi connectivity index (χ3v) is 8.30. The fourth-order valence-electron chi connectivity index (χ4n) is 3.63. The highest BCUT2D eigenvalue weighted by Crippen LogP contribution is 2.31. The van der Waals surface area contributed by atoms with Crippen LogP contribution in [0.25, 0.3) is 0 Å². The summed E-state index contributed by atoms with van der Waals surface area (Å²) in [5.41, 5.74) is 0.712. The van der Waals surface area contributed by atoms with Crippen LogP contribution in [0.4, 0.5) is 0 Å². The first-order valence-corrected chi connectivity index (χ1v) is 12.8. The summed E-state index contributed by atoms with van der Waals surface area (Å²) >= 11 is 12.1. The van der Waals surface area contributed by atoms with Crippen molar-refractivity contribution in [2.75, 3.05) is 26.2 Å². The zero-order valence-electron chi connectivity index (χ0n) is 18.7. The average Bonchev–Trinajstić information content (AvgIpc) is 3.46. The zero-order chi connectivity index (χ0) is 24.5. The van der Waals surface area contributed by atoms with Crippen molar-refractivity contribution in [3.05, 3.63) is 58.1 Å². The standard InChI is InChI=1S/C21H24Cl2N6O4S/c1-3-27-13-19(15(2)24-27)34(31,32)29-11-9-26(10-12-29)21(30)17-7-8-28(25-17)14-33-18-6-4-5-16(22)20(18)23/h4-8,13H,3,9-12,14H2,1-2H3. The normalized spacial score (nSPS) is 15.0. The third-order valence-electron chi connectivity index (χ3n) is 5.50. The molecule has 1 aromatic carbocycles. The van der Waals surface area contributed by atoms with Crippen LogP contribution >= 0.6 is 23.2 Å². The monoisotopic (exact) mass is 526 g/mol. The maximum Gasteiger partial charge on any atom is 0.274 e. The van der Waals surface area contributed by atoms with Gasteiger partial charge < -0.3 is 9.64 Å². The Bertz CT molecular complexity index is 1300. The molecule has 1 fully saturated rings. The molecule has 4 rings (SSSR count). The Balaban J connectivity index is 1.36. The summed E-state index contributed by atoms with van der Waals surface area (Å²) in [4.78, 5) is 14.7. The van der Waals surface area contributed by atoms with Gasteiger partial charge >= 0.3 is 0 Å². The second-order valence-corrected chi connectivity index (χ2v) is 10.4. The maximum absolute atomic E-state index is 13.0. The molecule has 10 nitrogen and oxygen atoms in total. The lowest BCUT2D eigenvalue weighted by Gasteiger charge is -2.33. The fourth-order valence-corrected chi connectivity index (χ4v) is 5.56. The van der Waals surface area contributed by atoms with Gasteiger partial charge in [0.2, 0.25) is 10.0 Å². The summed E-state index contributed by atoms with van der Waals surface area (Å²) < 4.78 is 36.2. The molecule has 0 spiro atoms. The van der Waals surface area contributed by atoms with Gasteiger partial charge in [0, 0.05) is 45.1 Å². The van der Waals surface area contributed by atoms with Crippen LogP contribution in [0, 0.1) is 6.92 Å². The van der Waals surface area contributed by atoms with E-state index < -0.39 is 10.0 Å². The smallest absolute Gasteiger partial charge is 0.274 e. The number of hydrogen-bond donors (Lipinski definition) is 0. The lowest BCUT2D eigenvalue weighted by atomic mass is 10.3. The van der Waals surface area contributed by atoms with Crippen LogP contribution < -0.4 is 4.74 Å². The third kappa shape index (κ3) is 4.92. The molecule has 0 saturated carbocycles. The molecule has 2 aromatic heterocycles. The minimum atomic E-state index is -3.68. The van der Waals surface area contributed by atoms with Crippen LogP contribution in [-0.4, -0.2) is 69.3 Å². The Hall–Kier alpha value is -2.60. The Kier molecular flexibility index (Phi) is 7.17. The lowest BCUT2D eigenvalue weighted by Crippen LogP contribution is -2.50. The SMILES string of the molecule is CCn1cc(S(=O)(=O)N2CCN(C(=O)c3ccn(COc4cccc(Cl)c4Cl)n3)CC2)c(C)n1. The van der Waals surface area contributed by atoms with Gasteiger partial charge in [-0.05, 0) is 32.0 Å². The number of aromatic nitrogens is 4. The number of rotatable bonds is 7. The number of halogens is 2. The fraction of sp³-hybridized carbons (Fsp3) is 0.381. The van der Waals surface area contributed by atoms with Crippen molar-refractivity contribution < 1.29 is 17.9 Å². The van der Waals surface area contributed by atoms with Crippen molar-refractivity contribution in [3.63, 3.8) is 0 Å². The topological polar surface area (TPSA) is 103 Å². The number of piperazine rings is 1. The maximum atomic E-state index is 13.0. The van der Waals surface area contributed by atoms with E-state index in [0.29, 0.717) is 28.0 Å². The van der Waals surface area contributed by atoms with Crippen molar-refractivity contribution in [2.45, 2.75) is 32.0 Å². The van der Waals surface area contributed by atoms with Crippen LogP contribution in [0.2, 0.25) is 10.0 Å². The van der Waals surface area contributed by atoms with E-state index in [4.69, 9.17) is 27.9 Å². The van der Waals surface area contributed by atoms with E-state index >= 15 is 0 Å². The van der Waals surface area contributed by atoms with Crippen LogP contribution in [0.5, 0.6) is 5.75 Å². The number of sulfonamides is 1. The highest BCUT2D eigenvalue weighted by molar-refractivity contribution is 7.89. The average molecular weight is 527 g/mol. The summed E-state index contributed by atoms with van der Waals surface area (Å²) in [6, 6.07) is 6.66. The zero-order valence-corrected chi connectivity index (χ0v) is 21.0. The molecule has 182 valence electrons. The summed E-state index contributed by atoms with van der Waals surface area (Å²) in [5.74, 6) is 0.140. The van der Waals surface area contributed by atoms with E-state index in [-0.39, 0.29) is 49.4 Å². The van der Waals surface area contributed by atoms with E-state index in [1.807, 2.05) is 6.92 Å². The van der Waals surface area contributed by atoms with E-state index in [0.717, 1.165) is 0 Å². The number of benzene rings is 1. The number of hydrogen-bond acceptors (Lipinski definition) is 6. The van der Waals surface area contributed by atoms with E-state index in [2.05, 4.69) is 10.2 Å². The molecule has 1 amide bonds. The molecule has 0 radical (unpaired) electrons. The number of amides is 1. The van der Waals surface area contributed by atoms with Crippen molar-refractivity contribution in [2.24, 2.45) is 0 Å². The lowest BCUT2D eigenvalue weighted by molar-refractivity contribution is 0.0690. The van der Waals surface area contributed by atoms with Gasteiger partial charge in [0.15, 0.2) is 12.4 Å². The summed E-state index contributed by atoms with van der Waals surface area (Å²) in [7, 11) is -3.68. The van der Waals surface area contributed by atoms with Gasteiger partial charge in [0.05, 0.1) is 10.7 Å². The van der Waals surface area contributed by atoms with E-state index in [9.17, 15) is 13.2 Å². The van der Waals surface area contributed by atoms with Crippen LogP contribution in [0.1, 0.15) is 23.1 Å². The van der Waals surface area contributed by atoms with Crippen molar-refractivity contribution >= 4 is 39.1 Å². The van der Waals surface area contributed by atoms with Gasteiger partial charge in [-0.1, -0.05) is 29.3 Å². The molecule has 3 aromatic rings. The Morgan fingerprint density at radius 1 is 1.09 bits per heavy atom. The molecule has 0 unspecified atom stereocenters. The molecule has 0 atom stereocenters. The second-order valence-electron chi connectivity index (χ2n) is 7.70. The van der Waals surface area contributed by atoms with E-state index in [1.54, 1.807) is 53.2 Å². The summed E-state index contributed by atoms with van der Waals surface area (Å²) in [5, 5.41) is 9.19. The van der Waals surface area contributed by atoms with Gasteiger partial charge in [0.1, 0.15) is 15.7 Å². The van der Waals surface area contributed by atoms with Gasteiger partial charge in [-0.3, -0.25) is 9.48 Å². The Morgan fingerprint density at radius 3 is 2.50 bits per heavy atom. The van der Waals surface area contributed by atoms with Gasteiger partial charge in [-0.25, -0.2) is 13.1 Å².